The maximum atomic E-state index is 11.0. The molecular formula is C12H14O3. The van der Waals surface area contributed by atoms with Crippen LogP contribution in [-0.4, -0.2) is 12.4 Å². The quantitative estimate of drug-likeness (QED) is 0.420. The SMILES string of the molecule is CC(CC(=O)OC=O)Cc1ccccc1. The number of benzene rings is 1. The van der Waals surface area contributed by atoms with E-state index in [1.54, 1.807) is 0 Å². The summed E-state index contributed by atoms with van der Waals surface area (Å²) in [7, 11) is 0. The minimum absolute atomic E-state index is 0.178. The molecule has 0 saturated carbocycles. The minimum Gasteiger partial charge on any atom is -0.395 e. The highest BCUT2D eigenvalue weighted by Gasteiger charge is 2.10. The lowest BCUT2D eigenvalue weighted by Crippen LogP contribution is -2.10. The average Bonchev–Trinajstić information content (AvgIpc) is 2.19. The fourth-order valence-corrected chi connectivity index (χ4v) is 1.47. The fraction of sp³-hybridized carbons (Fsp3) is 0.333. The van der Waals surface area contributed by atoms with Gasteiger partial charge in [-0.2, -0.15) is 0 Å². The Morgan fingerprint density at radius 2 is 2.07 bits per heavy atom. The van der Waals surface area contributed by atoms with Crippen molar-refractivity contribution >= 4 is 12.4 Å². The van der Waals surface area contributed by atoms with Gasteiger partial charge in [-0.05, 0) is 17.9 Å². The molecule has 1 atom stereocenters. The van der Waals surface area contributed by atoms with E-state index < -0.39 is 5.97 Å². The summed E-state index contributed by atoms with van der Waals surface area (Å²) in [6.45, 7) is 2.14. The Morgan fingerprint density at radius 1 is 1.40 bits per heavy atom. The molecule has 1 aromatic rings. The molecule has 0 aliphatic rings. The van der Waals surface area contributed by atoms with Gasteiger partial charge in [0.2, 0.25) is 0 Å². The predicted molar refractivity (Wildman–Crippen MR) is 56.1 cm³/mol. The van der Waals surface area contributed by atoms with E-state index in [9.17, 15) is 9.59 Å². The third-order valence-corrected chi connectivity index (χ3v) is 2.12. The van der Waals surface area contributed by atoms with Crippen LogP contribution < -0.4 is 0 Å². The molecule has 0 bridgehead atoms. The molecule has 3 nitrogen and oxygen atoms in total. The first kappa shape index (κ1) is 11.4. The Balaban J connectivity index is 2.39. The average molecular weight is 206 g/mol. The van der Waals surface area contributed by atoms with Crippen LogP contribution in [0.5, 0.6) is 0 Å². The van der Waals surface area contributed by atoms with Crippen LogP contribution in [0.4, 0.5) is 0 Å². The second-order valence-corrected chi connectivity index (χ2v) is 3.59. The van der Waals surface area contributed by atoms with Crippen molar-refractivity contribution in [3.63, 3.8) is 0 Å². The van der Waals surface area contributed by atoms with Crippen LogP contribution in [0.15, 0.2) is 30.3 Å². The van der Waals surface area contributed by atoms with Crippen LogP contribution >= 0.6 is 0 Å². The van der Waals surface area contributed by atoms with E-state index in [-0.39, 0.29) is 18.8 Å². The van der Waals surface area contributed by atoms with Crippen molar-refractivity contribution in [3.8, 4) is 0 Å². The minimum atomic E-state index is -0.464. The van der Waals surface area contributed by atoms with E-state index in [1.807, 2.05) is 37.3 Å². The number of hydrogen-bond acceptors (Lipinski definition) is 3. The first-order chi connectivity index (χ1) is 7.22. The van der Waals surface area contributed by atoms with E-state index in [0.717, 1.165) is 6.42 Å². The Bertz CT molecular complexity index is 319. The lowest BCUT2D eigenvalue weighted by Gasteiger charge is -2.08. The van der Waals surface area contributed by atoms with Gasteiger partial charge in [0.25, 0.3) is 0 Å². The van der Waals surface area contributed by atoms with Crippen LogP contribution in [0.3, 0.4) is 0 Å². The van der Waals surface area contributed by atoms with E-state index >= 15 is 0 Å². The van der Waals surface area contributed by atoms with Gasteiger partial charge in [-0.15, -0.1) is 0 Å². The molecule has 0 saturated heterocycles. The van der Waals surface area contributed by atoms with Gasteiger partial charge < -0.3 is 4.74 Å². The molecule has 0 aromatic heterocycles. The van der Waals surface area contributed by atoms with Gasteiger partial charge in [0.05, 0.1) is 0 Å². The highest BCUT2D eigenvalue weighted by atomic mass is 16.6. The maximum Gasteiger partial charge on any atom is 0.313 e. The van der Waals surface area contributed by atoms with Crippen LogP contribution in [0.25, 0.3) is 0 Å². The molecule has 1 rings (SSSR count). The number of carbonyl (C=O) groups excluding carboxylic acids is 2. The van der Waals surface area contributed by atoms with Gasteiger partial charge in [0, 0.05) is 6.42 Å². The number of ether oxygens (including phenoxy) is 1. The van der Waals surface area contributed by atoms with Crippen molar-refractivity contribution in [2.24, 2.45) is 5.92 Å². The van der Waals surface area contributed by atoms with Gasteiger partial charge in [-0.3, -0.25) is 9.59 Å². The molecule has 0 N–H and O–H groups in total. The van der Waals surface area contributed by atoms with Crippen LogP contribution in [-0.2, 0) is 20.7 Å². The molecule has 0 fully saturated rings. The predicted octanol–water partition coefficient (Wildman–Crippen LogP) is 1.95. The molecule has 3 heteroatoms. The van der Waals surface area contributed by atoms with Gasteiger partial charge in [0.15, 0.2) is 0 Å². The zero-order valence-corrected chi connectivity index (χ0v) is 8.68. The first-order valence-corrected chi connectivity index (χ1v) is 4.89. The Hall–Kier alpha value is -1.64. The van der Waals surface area contributed by atoms with Gasteiger partial charge in [-0.1, -0.05) is 37.3 Å². The second kappa shape index (κ2) is 5.96. The number of hydrogen-bond donors (Lipinski definition) is 0. The molecule has 15 heavy (non-hydrogen) atoms. The summed E-state index contributed by atoms with van der Waals surface area (Å²) >= 11 is 0. The summed E-state index contributed by atoms with van der Waals surface area (Å²) < 4.78 is 4.23. The molecule has 0 aliphatic heterocycles. The molecule has 80 valence electrons. The second-order valence-electron chi connectivity index (χ2n) is 3.59. The molecule has 0 aliphatic carbocycles. The van der Waals surface area contributed by atoms with Crippen molar-refractivity contribution in [3.05, 3.63) is 35.9 Å². The summed E-state index contributed by atoms with van der Waals surface area (Å²) in [6.07, 6.45) is 1.09. The molecule has 1 unspecified atom stereocenters. The van der Waals surface area contributed by atoms with E-state index in [4.69, 9.17) is 0 Å². The highest BCUT2D eigenvalue weighted by molar-refractivity contribution is 5.76. The summed E-state index contributed by atoms with van der Waals surface area (Å²) in [6, 6.07) is 9.91. The largest absolute Gasteiger partial charge is 0.395 e. The third kappa shape index (κ3) is 4.40. The topological polar surface area (TPSA) is 43.4 Å². The number of carbonyl (C=O) groups is 2. The maximum absolute atomic E-state index is 11.0. The Labute approximate surface area is 89.1 Å². The van der Waals surface area contributed by atoms with E-state index in [0.29, 0.717) is 0 Å². The lowest BCUT2D eigenvalue weighted by atomic mass is 9.98. The molecule has 0 spiro atoms. The lowest BCUT2D eigenvalue weighted by molar-refractivity contribution is -0.152. The highest BCUT2D eigenvalue weighted by Crippen LogP contribution is 2.11. The van der Waals surface area contributed by atoms with Gasteiger partial charge >= 0.3 is 12.4 Å². The van der Waals surface area contributed by atoms with Crippen molar-refractivity contribution in [1.29, 1.82) is 0 Å². The Morgan fingerprint density at radius 3 is 2.67 bits per heavy atom. The van der Waals surface area contributed by atoms with E-state index in [2.05, 4.69) is 4.74 Å². The molecule has 0 amide bonds. The molecule has 0 radical (unpaired) electrons. The number of esters is 1. The van der Waals surface area contributed by atoms with Crippen molar-refractivity contribution in [2.45, 2.75) is 19.8 Å². The molecule has 1 aromatic carbocycles. The summed E-state index contributed by atoms with van der Waals surface area (Å²) in [4.78, 5) is 20.9. The molecular weight excluding hydrogens is 192 g/mol. The normalized spacial score (nSPS) is 11.8. The zero-order chi connectivity index (χ0) is 11.1. The zero-order valence-electron chi connectivity index (χ0n) is 8.68. The van der Waals surface area contributed by atoms with E-state index in [1.165, 1.54) is 5.56 Å². The smallest absolute Gasteiger partial charge is 0.313 e. The number of rotatable bonds is 5. The van der Waals surface area contributed by atoms with Crippen LogP contribution in [0, 0.1) is 5.92 Å². The standard InChI is InChI=1S/C12H14O3/c1-10(8-12(14)15-9-13)7-11-5-3-2-4-6-11/h2-6,9-10H,7-8H2,1H3. The third-order valence-electron chi connectivity index (χ3n) is 2.12. The fourth-order valence-electron chi connectivity index (χ4n) is 1.47. The summed E-state index contributed by atoms with van der Waals surface area (Å²) in [5.74, 6) is -0.284. The van der Waals surface area contributed by atoms with Gasteiger partial charge in [0.1, 0.15) is 0 Å². The monoisotopic (exact) mass is 206 g/mol. The molecule has 0 heterocycles. The summed E-state index contributed by atoms with van der Waals surface area (Å²) in [5, 5.41) is 0. The first-order valence-electron chi connectivity index (χ1n) is 4.89. The van der Waals surface area contributed by atoms with Crippen LogP contribution in [0.2, 0.25) is 0 Å². The van der Waals surface area contributed by atoms with Crippen LogP contribution in [0.1, 0.15) is 18.9 Å². The van der Waals surface area contributed by atoms with Crippen molar-refractivity contribution < 1.29 is 14.3 Å². The summed E-state index contributed by atoms with van der Waals surface area (Å²) in [5.41, 5.74) is 1.18. The van der Waals surface area contributed by atoms with Crippen molar-refractivity contribution in [2.75, 3.05) is 0 Å². The Kier molecular flexibility index (Phi) is 4.54. The van der Waals surface area contributed by atoms with Gasteiger partial charge in [-0.25, -0.2) is 0 Å². The van der Waals surface area contributed by atoms with Crippen molar-refractivity contribution in [1.82, 2.24) is 0 Å².